The molecule has 2 aliphatic carbocycles. The summed E-state index contributed by atoms with van der Waals surface area (Å²) in [5.74, 6) is 0.324. The maximum absolute atomic E-state index is 4.42. The summed E-state index contributed by atoms with van der Waals surface area (Å²) in [5, 5.41) is 7.22. The van der Waals surface area contributed by atoms with Crippen molar-refractivity contribution in [3.8, 4) is 5.69 Å². The molecular weight excluding hydrogens is 691 g/mol. The van der Waals surface area contributed by atoms with Crippen LogP contribution in [-0.2, 0) is 0 Å². The van der Waals surface area contributed by atoms with Gasteiger partial charge in [0.05, 0.1) is 27.8 Å². The third-order valence-electron chi connectivity index (χ3n) is 11.4. The van der Waals surface area contributed by atoms with E-state index < -0.39 is 0 Å². The number of anilines is 1. The third-order valence-corrected chi connectivity index (χ3v) is 11.4. The Hall–Kier alpha value is -7.32. The average Bonchev–Trinajstić information content (AvgIpc) is 3.63. The molecule has 0 bridgehead atoms. The predicted molar refractivity (Wildman–Crippen MR) is 243 cm³/mol. The van der Waals surface area contributed by atoms with Crippen molar-refractivity contribution in [3.05, 3.63) is 228 Å². The summed E-state index contributed by atoms with van der Waals surface area (Å²) in [7, 11) is 0. The predicted octanol–water partition coefficient (Wildman–Crippen LogP) is 12.1. The molecule has 3 heterocycles. The van der Waals surface area contributed by atoms with Crippen molar-refractivity contribution < 1.29 is 0 Å². The Balaban J connectivity index is 1.19. The lowest BCUT2D eigenvalue weighted by Gasteiger charge is -2.19. The van der Waals surface area contributed by atoms with Gasteiger partial charge in [-0.25, -0.2) is 0 Å². The second-order valence-corrected chi connectivity index (χ2v) is 15.0. The van der Waals surface area contributed by atoms with E-state index in [0.29, 0.717) is 5.92 Å². The van der Waals surface area contributed by atoms with Gasteiger partial charge < -0.3 is 14.0 Å². The van der Waals surface area contributed by atoms with Crippen molar-refractivity contribution in [3.63, 3.8) is 0 Å². The van der Waals surface area contributed by atoms with Crippen LogP contribution in [0, 0.1) is 0 Å². The molecule has 0 saturated heterocycles. The molecule has 0 saturated carbocycles. The summed E-state index contributed by atoms with van der Waals surface area (Å²) < 4.78 is 4.89. The van der Waals surface area contributed by atoms with Gasteiger partial charge in [-0.05, 0) is 101 Å². The molecule has 1 unspecified atom stereocenters. The normalized spacial score (nSPS) is 19.1. The molecule has 3 nitrogen and oxygen atoms in total. The SMILES string of the molecule is C=C1/C=C\C=C/N(c2ccccc2)/C=C\C(c2ccc3c4c(n(C5=C=CC=c6c(c7ccccc7n6-c6cccc7ccccc67)=C5)c3c2)C(C)CC=C4)=C/C1=C. The summed E-state index contributed by atoms with van der Waals surface area (Å²) in [6, 6.07) is 41.3. The van der Waals surface area contributed by atoms with E-state index in [4.69, 9.17) is 0 Å². The lowest BCUT2D eigenvalue weighted by Crippen LogP contribution is -2.28. The molecule has 3 aliphatic rings. The molecule has 272 valence electrons. The highest BCUT2D eigenvalue weighted by Gasteiger charge is 2.25. The Bertz CT molecular complexity index is 3170. The van der Waals surface area contributed by atoms with E-state index in [2.05, 4.69) is 204 Å². The van der Waals surface area contributed by atoms with Crippen LogP contribution in [0.15, 0.2) is 200 Å². The molecular formula is C54H41N3. The third kappa shape index (κ3) is 5.94. The topological polar surface area (TPSA) is 13.1 Å². The number of hydrogen-bond acceptors (Lipinski definition) is 1. The molecule has 0 fully saturated rings. The van der Waals surface area contributed by atoms with E-state index in [1.807, 2.05) is 24.3 Å². The van der Waals surface area contributed by atoms with Crippen LogP contribution in [-0.4, -0.2) is 9.13 Å². The number of fused-ring (bicyclic) bond motifs is 7. The fourth-order valence-electron chi connectivity index (χ4n) is 8.62. The van der Waals surface area contributed by atoms with Crippen molar-refractivity contribution in [2.45, 2.75) is 19.3 Å². The van der Waals surface area contributed by atoms with Crippen LogP contribution >= 0.6 is 0 Å². The van der Waals surface area contributed by atoms with Gasteiger partial charge in [-0.2, -0.15) is 0 Å². The van der Waals surface area contributed by atoms with Gasteiger partial charge in [-0.15, -0.1) is 0 Å². The van der Waals surface area contributed by atoms with Crippen molar-refractivity contribution in [1.82, 2.24) is 9.13 Å². The van der Waals surface area contributed by atoms with Crippen LogP contribution in [0.5, 0.6) is 0 Å². The molecule has 57 heavy (non-hydrogen) atoms. The van der Waals surface area contributed by atoms with Crippen molar-refractivity contribution in [2.24, 2.45) is 0 Å². The maximum Gasteiger partial charge on any atom is 0.0895 e. The zero-order valence-electron chi connectivity index (χ0n) is 31.9. The van der Waals surface area contributed by atoms with Crippen LogP contribution in [0.2, 0.25) is 0 Å². The number of aromatic nitrogens is 2. The number of nitrogens with zero attached hydrogens (tertiary/aromatic N) is 3. The van der Waals surface area contributed by atoms with Crippen molar-refractivity contribution in [1.29, 1.82) is 0 Å². The van der Waals surface area contributed by atoms with Gasteiger partial charge in [-0.1, -0.05) is 135 Å². The monoisotopic (exact) mass is 731 g/mol. The first-order valence-electron chi connectivity index (χ1n) is 19.6. The standard InChI is InChI=1S/C54H41N3/c1-37-16-11-12-32-55(43-20-5-4-6-21-43)33-31-42(34-39(37)3)41-29-30-47-48-25-13-17-38(2)54(48)56(53(47)35-41)44-22-15-28-52-49(36-44)46-24-9-10-26-51(46)57(52)50-27-14-19-40-18-7-8-23-45(40)50/h4-16,18-21,23-36,38H,1,3,17H2,2H3/b16-11-,32-12-,33-31-,42-34+. The number of para-hydroxylation sites is 2. The minimum Gasteiger partial charge on any atom is -0.324 e. The molecule has 2 aromatic heterocycles. The van der Waals surface area contributed by atoms with E-state index in [0.717, 1.165) is 51.0 Å². The Morgan fingerprint density at radius 3 is 2.37 bits per heavy atom. The molecule has 7 aromatic rings. The van der Waals surface area contributed by atoms with Gasteiger partial charge in [0.15, 0.2) is 0 Å². The Labute approximate surface area is 333 Å². The number of rotatable bonds is 4. The molecule has 5 aromatic carbocycles. The van der Waals surface area contributed by atoms with Crippen LogP contribution in [0.25, 0.3) is 67.8 Å². The first-order chi connectivity index (χ1) is 28.0. The second-order valence-electron chi connectivity index (χ2n) is 15.0. The molecule has 10 rings (SSSR count). The van der Waals surface area contributed by atoms with E-state index in [9.17, 15) is 0 Å². The van der Waals surface area contributed by atoms with Crippen LogP contribution in [0.1, 0.15) is 36.1 Å². The van der Waals surface area contributed by atoms with E-state index >= 15 is 0 Å². The fourth-order valence-corrected chi connectivity index (χ4v) is 8.62. The summed E-state index contributed by atoms with van der Waals surface area (Å²) >= 11 is 0. The molecule has 0 amide bonds. The average molecular weight is 732 g/mol. The van der Waals surface area contributed by atoms with Gasteiger partial charge in [-0.3, -0.25) is 0 Å². The molecule has 0 spiro atoms. The largest absolute Gasteiger partial charge is 0.324 e. The fraction of sp³-hybridized carbons (Fsp3) is 0.0556. The summed E-state index contributed by atoms with van der Waals surface area (Å²) in [5.41, 5.74) is 15.8. The minimum absolute atomic E-state index is 0.324. The maximum atomic E-state index is 4.42. The number of allylic oxidation sites excluding steroid dienone is 10. The van der Waals surface area contributed by atoms with Crippen LogP contribution in [0.4, 0.5) is 5.69 Å². The molecule has 0 N–H and O–H groups in total. The van der Waals surface area contributed by atoms with Crippen LogP contribution < -0.4 is 15.5 Å². The molecule has 1 aliphatic heterocycles. The van der Waals surface area contributed by atoms with Gasteiger partial charge in [0, 0.05) is 56.6 Å². The van der Waals surface area contributed by atoms with E-state index in [1.165, 1.54) is 49.2 Å². The van der Waals surface area contributed by atoms with Gasteiger partial charge in [0.1, 0.15) is 0 Å². The van der Waals surface area contributed by atoms with Gasteiger partial charge in [0.25, 0.3) is 0 Å². The zero-order chi connectivity index (χ0) is 38.5. The van der Waals surface area contributed by atoms with Crippen molar-refractivity contribution >= 4 is 67.8 Å². The first kappa shape index (κ1) is 34.2. The lowest BCUT2D eigenvalue weighted by molar-refractivity contribution is 0.729. The highest BCUT2D eigenvalue weighted by atomic mass is 15.1. The van der Waals surface area contributed by atoms with Gasteiger partial charge >= 0.3 is 0 Å². The number of benzene rings is 5. The summed E-state index contributed by atoms with van der Waals surface area (Å²) in [4.78, 5) is 2.14. The highest BCUT2D eigenvalue weighted by Crippen LogP contribution is 2.41. The van der Waals surface area contributed by atoms with Crippen molar-refractivity contribution in [2.75, 3.05) is 4.90 Å². The number of hydrogen-bond donors (Lipinski definition) is 0. The lowest BCUT2D eigenvalue weighted by atomic mass is 9.93. The first-order valence-corrected chi connectivity index (χ1v) is 19.6. The smallest absolute Gasteiger partial charge is 0.0895 e. The molecule has 1 atom stereocenters. The minimum atomic E-state index is 0.324. The summed E-state index contributed by atoms with van der Waals surface area (Å²) in [6.45, 7) is 11.1. The molecule has 0 radical (unpaired) electrons. The van der Waals surface area contributed by atoms with E-state index in [1.54, 1.807) is 0 Å². The summed E-state index contributed by atoms with van der Waals surface area (Å²) in [6.07, 6.45) is 26.9. The molecule has 3 heteroatoms. The Kier molecular flexibility index (Phi) is 8.44. The quantitative estimate of drug-likeness (QED) is 0.164. The highest BCUT2D eigenvalue weighted by molar-refractivity contribution is 6.01. The Morgan fingerprint density at radius 2 is 1.47 bits per heavy atom. The van der Waals surface area contributed by atoms with E-state index in [-0.39, 0.29) is 0 Å². The van der Waals surface area contributed by atoms with Gasteiger partial charge in [0.2, 0.25) is 0 Å². The zero-order valence-corrected chi connectivity index (χ0v) is 31.9. The second kappa shape index (κ2) is 14.1. The Morgan fingerprint density at radius 1 is 0.667 bits per heavy atom. The van der Waals surface area contributed by atoms with Crippen LogP contribution in [0.3, 0.4) is 0 Å².